The third-order valence-corrected chi connectivity index (χ3v) is 4.52. The molecule has 2 N–H and O–H groups in total. The normalized spacial score (nSPS) is 17.3. The minimum Gasteiger partial charge on any atom is -0.359 e. The highest BCUT2D eigenvalue weighted by molar-refractivity contribution is 5.80. The molecule has 0 atom stereocenters. The summed E-state index contributed by atoms with van der Waals surface area (Å²) in [5.74, 6) is 1.68. The fourth-order valence-electron chi connectivity index (χ4n) is 3.03. The topological polar surface area (TPSA) is 56.7 Å². The number of nitrogens with one attached hydrogen (secondary N) is 2. The highest BCUT2D eigenvalue weighted by Crippen LogP contribution is 2.22. The fourth-order valence-corrected chi connectivity index (χ4v) is 3.03. The number of amides is 1. The Morgan fingerprint density at radius 3 is 2.39 bits per heavy atom. The third-order valence-electron chi connectivity index (χ3n) is 4.52. The average Bonchev–Trinajstić information content (AvgIpc) is 2.50. The first-order chi connectivity index (χ1) is 10.9. The van der Waals surface area contributed by atoms with Crippen LogP contribution in [-0.4, -0.2) is 50.5 Å². The summed E-state index contributed by atoms with van der Waals surface area (Å²) < 4.78 is 0. The van der Waals surface area contributed by atoms with E-state index in [1.807, 2.05) is 7.05 Å². The Morgan fingerprint density at radius 1 is 1.22 bits per heavy atom. The maximum atomic E-state index is 11.5. The van der Waals surface area contributed by atoms with Gasteiger partial charge in [-0.1, -0.05) is 27.2 Å². The highest BCUT2D eigenvalue weighted by Gasteiger charge is 2.22. The van der Waals surface area contributed by atoms with E-state index >= 15 is 0 Å². The fraction of sp³-hybridized carbons (Fsp3) is 0.889. The van der Waals surface area contributed by atoms with Crippen LogP contribution in [0.1, 0.15) is 59.3 Å². The molecule has 0 aromatic rings. The molecule has 0 aromatic carbocycles. The predicted octanol–water partition coefficient (Wildman–Crippen LogP) is 2.63. The summed E-state index contributed by atoms with van der Waals surface area (Å²) in [5, 5.41) is 6.21. The molecule has 1 aliphatic rings. The van der Waals surface area contributed by atoms with E-state index in [1.54, 1.807) is 7.05 Å². The van der Waals surface area contributed by atoms with Crippen molar-refractivity contribution in [1.82, 2.24) is 15.5 Å². The van der Waals surface area contributed by atoms with E-state index < -0.39 is 0 Å². The predicted molar refractivity (Wildman–Crippen MR) is 97.6 cm³/mol. The van der Waals surface area contributed by atoms with Crippen molar-refractivity contribution in [1.29, 1.82) is 0 Å². The van der Waals surface area contributed by atoms with Crippen LogP contribution in [0.15, 0.2) is 4.99 Å². The van der Waals surface area contributed by atoms with Gasteiger partial charge in [-0.2, -0.15) is 0 Å². The van der Waals surface area contributed by atoms with Crippen LogP contribution in [0.2, 0.25) is 0 Å². The van der Waals surface area contributed by atoms with Gasteiger partial charge in [-0.3, -0.25) is 9.79 Å². The molecule has 1 amide bonds. The Hall–Kier alpha value is -1.26. The zero-order valence-corrected chi connectivity index (χ0v) is 15.7. The van der Waals surface area contributed by atoms with E-state index in [0.717, 1.165) is 38.4 Å². The molecule has 0 saturated carbocycles. The van der Waals surface area contributed by atoms with Crippen LogP contribution in [0.4, 0.5) is 0 Å². The number of piperidine rings is 1. The van der Waals surface area contributed by atoms with Gasteiger partial charge in [0.25, 0.3) is 0 Å². The van der Waals surface area contributed by atoms with Gasteiger partial charge in [0.05, 0.1) is 0 Å². The smallest absolute Gasteiger partial charge is 0.220 e. The Morgan fingerprint density at radius 2 is 1.87 bits per heavy atom. The van der Waals surface area contributed by atoms with Crippen molar-refractivity contribution in [2.24, 2.45) is 16.3 Å². The molecule has 1 fully saturated rings. The molecule has 1 saturated heterocycles. The Labute approximate surface area is 142 Å². The van der Waals surface area contributed by atoms with Crippen molar-refractivity contribution in [2.75, 3.05) is 33.7 Å². The van der Waals surface area contributed by atoms with Gasteiger partial charge in [0.1, 0.15) is 0 Å². The molecule has 1 heterocycles. The maximum absolute atomic E-state index is 11.5. The lowest BCUT2D eigenvalue weighted by Crippen LogP contribution is -2.46. The molecule has 0 aliphatic carbocycles. The number of likely N-dealkylation sites (tertiary alicyclic amines) is 1. The zero-order valence-electron chi connectivity index (χ0n) is 15.7. The van der Waals surface area contributed by atoms with Gasteiger partial charge < -0.3 is 15.5 Å². The molecule has 1 rings (SSSR count). The highest BCUT2D eigenvalue weighted by atomic mass is 16.1. The first-order valence-electron chi connectivity index (χ1n) is 9.02. The van der Waals surface area contributed by atoms with Crippen molar-refractivity contribution in [3.63, 3.8) is 0 Å². The second kappa shape index (κ2) is 9.78. The standard InChI is InChI=1S/C18H36N4O/c1-18(2,3)10-6-7-11-21-17(20-5)22-12-8-15(9-13-22)14-16(23)19-4/h15H,6-14H2,1-5H3,(H,19,23)(H,20,21). The first kappa shape index (κ1) is 19.8. The largest absolute Gasteiger partial charge is 0.359 e. The summed E-state index contributed by atoms with van der Waals surface area (Å²) in [5.41, 5.74) is 0.425. The van der Waals surface area contributed by atoms with Crippen molar-refractivity contribution in [3.8, 4) is 0 Å². The molecule has 0 bridgehead atoms. The lowest BCUT2D eigenvalue weighted by atomic mass is 9.90. The second-order valence-corrected chi connectivity index (χ2v) is 7.80. The van der Waals surface area contributed by atoms with Gasteiger partial charge in [-0.05, 0) is 37.0 Å². The first-order valence-corrected chi connectivity index (χ1v) is 9.02. The molecule has 23 heavy (non-hydrogen) atoms. The summed E-state index contributed by atoms with van der Waals surface area (Å²) in [6.45, 7) is 9.85. The van der Waals surface area contributed by atoms with Crippen LogP contribution < -0.4 is 10.6 Å². The lowest BCUT2D eigenvalue weighted by Gasteiger charge is -2.34. The van der Waals surface area contributed by atoms with Crippen molar-refractivity contribution < 1.29 is 4.79 Å². The molecule has 0 unspecified atom stereocenters. The zero-order chi connectivity index (χ0) is 17.3. The number of guanidine groups is 1. The van der Waals surface area contributed by atoms with Gasteiger partial charge in [0.2, 0.25) is 5.91 Å². The van der Waals surface area contributed by atoms with Crippen LogP contribution in [-0.2, 0) is 4.79 Å². The van der Waals surface area contributed by atoms with Crippen LogP contribution >= 0.6 is 0 Å². The number of nitrogens with zero attached hydrogens (tertiary/aromatic N) is 2. The molecule has 0 aromatic heterocycles. The Bertz CT molecular complexity index is 379. The quantitative estimate of drug-likeness (QED) is 0.449. The van der Waals surface area contributed by atoms with Crippen LogP contribution in [0.25, 0.3) is 0 Å². The van der Waals surface area contributed by atoms with E-state index in [1.165, 1.54) is 19.3 Å². The number of carbonyl (C=O) groups excluding carboxylic acids is 1. The number of unbranched alkanes of at least 4 members (excludes halogenated alkanes) is 1. The summed E-state index contributed by atoms with van der Waals surface area (Å²) in [6.07, 6.45) is 6.49. The van der Waals surface area contributed by atoms with Crippen molar-refractivity contribution >= 4 is 11.9 Å². The number of rotatable bonds is 6. The summed E-state index contributed by atoms with van der Waals surface area (Å²) in [4.78, 5) is 18.2. The van der Waals surface area contributed by atoms with Gasteiger partial charge in [0.15, 0.2) is 5.96 Å². The SMILES string of the molecule is CN=C(NCCCCC(C)(C)C)N1CCC(CC(=O)NC)CC1. The van der Waals surface area contributed by atoms with Gasteiger partial charge in [-0.15, -0.1) is 0 Å². The third kappa shape index (κ3) is 8.24. The molecule has 5 nitrogen and oxygen atoms in total. The van der Waals surface area contributed by atoms with E-state index in [4.69, 9.17) is 0 Å². The molecule has 0 radical (unpaired) electrons. The van der Waals surface area contributed by atoms with Crippen LogP contribution in [0, 0.1) is 11.3 Å². The van der Waals surface area contributed by atoms with E-state index in [-0.39, 0.29) is 5.91 Å². The number of carbonyl (C=O) groups is 1. The van der Waals surface area contributed by atoms with E-state index in [2.05, 4.69) is 41.3 Å². The molecule has 1 aliphatic heterocycles. The monoisotopic (exact) mass is 324 g/mol. The molecule has 5 heteroatoms. The number of aliphatic imine (C=N–C) groups is 1. The van der Waals surface area contributed by atoms with Gasteiger partial charge in [-0.25, -0.2) is 0 Å². The lowest BCUT2D eigenvalue weighted by molar-refractivity contribution is -0.121. The van der Waals surface area contributed by atoms with E-state index in [9.17, 15) is 4.79 Å². The van der Waals surface area contributed by atoms with Gasteiger partial charge >= 0.3 is 0 Å². The average molecular weight is 325 g/mol. The van der Waals surface area contributed by atoms with Crippen LogP contribution in [0.3, 0.4) is 0 Å². The molecule has 134 valence electrons. The maximum Gasteiger partial charge on any atom is 0.220 e. The van der Waals surface area contributed by atoms with E-state index in [0.29, 0.717) is 17.8 Å². The summed E-state index contributed by atoms with van der Waals surface area (Å²) >= 11 is 0. The molecule has 0 spiro atoms. The molecular formula is C18H36N4O. The second-order valence-electron chi connectivity index (χ2n) is 7.80. The minimum atomic E-state index is 0.157. The Balaban J connectivity index is 2.25. The van der Waals surface area contributed by atoms with Crippen LogP contribution in [0.5, 0.6) is 0 Å². The summed E-state index contributed by atoms with van der Waals surface area (Å²) in [6, 6.07) is 0. The minimum absolute atomic E-state index is 0.157. The summed E-state index contributed by atoms with van der Waals surface area (Å²) in [7, 11) is 3.57. The number of hydrogen-bond donors (Lipinski definition) is 2. The Kier molecular flexibility index (Phi) is 8.42. The van der Waals surface area contributed by atoms with Gasteiger partial charge in [0, 0.05) is 40.2 Å². The molecular weight excluding hydrogens is 288 g/mol. The van der Waals surface area contributed by atoms with Crippen molar-refractivity contribution in [2.45, 2.75) is 59.3 Å². The van der Waals surface area contributed by atoms with Crippen molar-refractivity contribution in [3.05, 3.63) is 0 Å². The number of hydrogen-bond acceptors (Lipinski definition) is 2.